The minimum atomic E-state index is -4.32. The summed E-state index contributed by atoms with van der Waals surface area (Å²) in [5.74, 6) is 0.824. The van der Waals surface area contributed by atoms with Gasteiger partial charge in [0.1, 0.15) is 0 Å². The van der Waals surface area contributed by atoms with E-state index in [-0.39, 0.29) is 0 Å². The number of anilines is 1. The van der Waals surface area contributed by atoms with Crippen molar-refractivity contribution in [1.82, 2.24) is 10.2 Å². The fourth-order valence-electron chi connectivity index (χ4n) is 3.75. The second-order valence-electron chi connectivity index (χ2n) is 7.53. The van der Waals surface area contributed by atoms with Crippen molar-refractivity contribution < 1.29 is 22.6 Å². The Hall–Kier alpha value is -2.00. The number of nitrogens with zero attached hydrogens (tertiary/aromatic N) is 3. The molecule has 9 heteroatoms. The normalized spacial score (nSPS) is 19.3. The fourth-order valence-corrected chi connectivity index (χ4v) is 3.75. The Morgan fingerprint density at radius 2 is 1.93 bits per heavy atom. The Kier molecular flexibility index (Phi) is 8.21. The monoisotopic (exact) mass is 428 g/mol. The third-order valence-electron chi connectivity index (χ3n) is 5.46. The van der Waals surface area contributed by atoms with Crippen molar-refractivity contribution in [2.45, 2.75) is 31.5 Å². The van der Waals surface area contributed by atoms with Crippen molar-refractivity contribution in [1.29, 1.82) is 0 Å². The van der Waals surface area contributed by atoms with E-state index in [0.29, 0.717) is 44.6 Å². The van der Waals surface area contributed by atoms with Crippen LogP contribution in [0, 0.1) is 0 Å². The standard InChI is InChI=1S/C21H31F3N4O2/c1-25-20(26-8-3-13-30-19-6-14-29-15-7-19)28-11-9-27(10-12-28)18-5-2-4-17(16-18)21(22,23)24/h2,4-5,16,19H,3,6-15H2,1H3,(H,25,26). The zero-order chi connectivity index (χ0) is 21.4. The number of guanidine groups is 1. The molecular formula is C21H31F3N4O2. The number of halogens is 3. The van der Waals surface area contributed by atoms with E-state index in [0.717, 1.165) is 51.0 Å². The Labute approximate surface area is 176 Å². The van der Waals surface area contributed by atoms with E-state index in [1.165, 1.54) is 12.1 Å². The van der Waals surface area contributed by atoms with E-state index in [1.807, 2.05) is 4.90 Å². The minimum Gasteiger partial charge on any atom is -0.381 e. The lowest BCUT2D eigenvalue weighted by atomic mass is 10.1. The zero-order valence-corrected chi connectivity index (χ0v) is 17.5. The number of aliphatic imine (C=N–C) groups is 1. The predicted molar refractivity (Wildman–Crippen MR) is 111 cm³/mol. The fraction of sp³-hybridized carbons (Fsp3) is 0.667. The second-order valence-corrected chi connectivity index (χ2v) is 7.53. The van der Waals surface area contributed by atoms with Crippen molar-refractivity contribution in [2.24, 2.45) is 4.99 Å². The molecule has 0 radical (unpaired) electrons. The largest absolute Gasteiger partial charge is 0.416 e. The molecule has 2 saturated heterocycles. The highest BCUT2D eigenvalue weighted by atomic mass is 19.4. The molecule has 2 aliphatic heterocycles. The van der Waals surface area contributed by atoms with Crippen LogP contribution >= 0.6 is 0 Å². The van der Waals surface area contributed by atoms with Crippen LogP contribution in [-0.4, -0.2) is 76.6 Å². The first-order valence-electron chi connectivity index (χ1n) is 10.5. The van der Waals surface area contributed by atoms with E-state index in [9.17, 15) is 13.2 Å². The second kappa shape index (κ2) is 10.9. The molecule has 30 heavy (non-hydrogen) atoms. The lowest BCUT2D eigenvalue weighted by molar-refractivity contribution is -0.137. The van der Waals surface area contributed by atoms with Crippen LogP contribution in [0.15, 0.2) is 29.3 Å². The van der Waals surface area contributed by atoms with Gasteiger partial charge in [0.25, 0.3) is 0 Å². The highest BCUT2D eigenvalue weighted by molar-refractivity contribution is 5.80. The average Bonchev–Trinajstić information content (AvgIpc) is 2.77. The molecule has 0 saturated carbocycles. The highest BCUT2D eigenvalue weighted by Crippen LogP contribution is 2.31. The molecule has 0 aliphatic carbocycles. The first-order chi connectivity index (χ1) is 14.5. The molecule has 2 aliphatic rings. The van der Waals surface area contributed by atoms with E-state index in [1.54, 1.807) is 13.1 Å². The summed E-state index contributed by atoms with van der Waals surface area (Å²) in [5.41, 5.74) is 0.000519. The van der Waals surface area contributed by atoms with Crippen LogP contribution in [0.2, 0.25) is 0 Å². The van der Waals surface area contributed by atoms with Gasteiger partial charge in [0.15, 0.2) is 5.96 Å². The molecular weight excluding hydrogens is 397 g/mol. The molecule has 1 aromatic rings. The molecule has 1 aromatic carbocycles. The van der Waals surface area contributed by atoms with Gasteiger partial charge in [-0.2, -0.15) is 13.2 Å². The van der Waals surface area contributed by atoms with Crippen LogP contribution in [0.25, 0.3) is 0 Å². The van der Waals surface area contributed by atoms with Gasteiger partial charge in [0.2, 0.25) is 0 Å². The van der Waals surface area contributed by atoms with E-state index < -0.39 is 11.7 Å². The van der Waals surface area contributed by atoms with Crippen LogP contribution in [0.3, 0.4) is 0 Å². The van der Waals surface area contributed by atoms with Crippen molar-refractivity contribution >= 4 is 11.6 Å². The molecule has 0 bridgehead atoms. The van der Waals surface area contributed by atoms with Gasteiger partial charge in [-0.15, -0.1) is 0 Å². The van der Waals surface area contributed by atoms with Crippen LogP contribution in [0.5, 0.6) is 0 Å². The number of hydrogen-bond acceptors (Lipinski definition) is 4. The molecule has 0 unspecified atom stereocenters. The van der Waals surface area contributed by atoms with Crippen LogP contribution in [-0.2, 0) is 15.7 Å². The van der Waals surface area contributed by atoms with E-state index in [2.05, 4.69) is 15.2 Å². The molecule has 0 atom stereocenters. The van der Waals surface area contributed by atoms with Gasteiger partial charge >= 0.3 is 6.18 Å². The van der Waals surface area contributed by atoms with Gasteiger partial charge in [0, 0.05) is 65.3 Å². The summed E-state index contributed by atoms with van der Waals surface area (Å²) in [5, 5.41) is 3.36. The van der Waals surface area contributed by atoms with Gasteiger partial charge in [-0.05, 0) is 37.5 Å². The zero-order valence-electron chi connectivity index (χ0n) is 17.5. The Morgan fingerprint density at radius 3 is 2.60 bits per heavy atom. The van der Waals surface area contributed by atoms with Gasteiger partial charge < -0.3 is 24.6 Å². The molecule has 6 nitrogen and oxygen atoms in total. The number of benzene rings is 1. The Balaban J connectivity index is 1.40. The Morgan fingerprint density at radius 1 is 1.20 bits per heavy atom. The number of piperazine rings is 1. The molecule has 0 amide bonds. The average molecular weight is 428 g/mol. The first kappa shape index (κ1) is 22.7. The minimum absolute atomic E-state index is 0.307. The number of hydrogen-bond donors (Lipinski definition) is 1. The summed E-state index contributed by atoms with van der Waals surface area (Å²) in [4.78, 5) is 8.48. The SMILES string of the molecule is CN=C(NCCCOC1CCOCC1)N1CCN(c2cccc(C(F)(F)F)c2)CC1. The van der Waals surface area contributed by atoms with Crippen molar-refractivity contribution in [3.63, 3.8) is 0 Å². The van der Waals surface area contributed by atoms with Gasteiger partial charge in [-0.25, -0.2) is 0 Å². The third kappa shape index (κ3) is 6.50. The summed E-state index contributed by atoms with van der Waals surface area (Å²) in [6.07, 6.45) is -1.20. The maximum atomic E-state index is 13.0. The molecule has 2 heterocycles. The van der Waals surface area contributed by atoms with Crippen molar-refractivity contribution in [3.8, 4) is 0 Å². The highest BCUT2D eigenvalue weighted by Gasteiger charge is 2.31. The maximum absolute atomic E-state index is 13.0. The van der Waals surface area contributed by atoms with Gasteiger partial charge in [0.05, 0.1) is 11.7 Å². The van der Waals surface area contributed by atoms with E-state index in [4.69, 9.17) is 9.47 Å². The van der Waals surface area contributed by atoms with Gasteiger partial charge in [-0.3, -0.25) is 4.99 Å². The summed E-state index contributed by atoms with van der Waals surface area (Å²) < 4.78 is 50.1. The number of rotatable bonds is 6. The smallest absolute Gasteiger partial charge is 0.381 e. The lowest BCUT2D eigenvalue weighted by Crippen LogP contribution is -2.52. The van der Waals surface area contributed by atoms with E-state index >= 15 is 0 Å². The third-order valence-corrected chi connectivity index (χ3v) is 5.46. The summed E-state index contributed by atoms with van der Waals surface area (Å²) in [6, 6.07) is 5.53. The van der Waals surface area contributed by atoms with Gasteiger partial charge in [-0.1, -0.05) is 6.07 Å². The molecule has 1 N–H and O–H groups in total. The lowest BCUT2D eigenvalue weighted by Gasteiger charge is -2.37. The first-order valence-corrected chi connectivity index (χ1v) is 10.5. The summed E-state index contributed by atoms with van der Waals surface area (Å²) >= 11 is 0. The quantitative estimate of drug-likeness (QED) is 0.429. The van der Waals surface area contributed by atoms with Crippen LogP contribution in [0.1, 0.15) is 24.8 Å². The molecule has 0 aromatic heterocycles. The van der Waals surface area contributed by atoms with Crippen molar-refractivity contribution in [2.75, 3.05) is 64.5 Å². The van der Waals surface area contributed by atoms with Crippen molar-refractivity contribution in [3.05, 3.63) is 29.8 Å². The summed E-state index contributed by atoms with van der Waals surface area (Å²) in [7, 11) is 1.75. The number of alkyl halides is 3. The number of ether oxygens (including phenoxy) is 2. The molecule has 168 valence electrons. The number of nitrogens with one attached hydrogen (secondary N) is 1. The topological polar surface area (TPSA) is 49.3 Å². The predicted octanol–water partition coefficient (Wildman–Crippen LogP) is 2.99. The van der Waals surface area contributed by atoms with Crippen LogP contribution in [0.4, 0.5) is 18.9 Å². The molecule has 0 spiro atoms. The maximum Gasteiger partial charge on any atom is 0.416 e. The molecule has 3 rings (SSSR count). The van der Waals surface area contributed by atoms with Crippen LogP contribution < -0.4 is 10.2 Å². The summed E-state index contributed by atoms with van der Waals surface area (Å²) in [6.45, 7) is 5.73. The Bertz CT molecular complexity index is 685. The molecule has 2 fully saturated rings.